The van der Waals surface area contributed by atoms with E-state index in [0.29, 0.717) is 17.2 Å². The van der Waals surface area contributed by atoms with Gasteiger partial charge in [-0.25, -0.2) is 4.98 Å². The van der Waals surface area contributed by atoms with E-state index in [1.807, 2.05) is 6.20 Å². The van der Waals surface area contributed by atoms with Gasteiger partial charge in [-0.1, -0.05) is 12.1 Å². The van der Waals surface area contributed by atoms with Gasteiger partial charge >= 0.3 is 6.18 Å². The maximum absolute atomic E-state index is 14.0. The molecule has 1 saturated carbocycles. The van der Waals surface area contributed by atoms with Crippen molar-refractivity contribution in [3.05, 3.63) is 78.9 Å². The number of para-hydroxylation sites is 1. The first-order valence-corrected chi connectivity index (χ1v) is 13.1. The summed E-state index contributed by atoms with van der Waals surface area (Å²) in [5.41, 5.74) is -0.729. The predicted octanol–water partition coefficient (Wildman–Crippen LogP) is 5.09. The molecule has 0 aliphatic heterocycles. The Labute approximate surface area is 238 Å². The maximum atomic E-state index is 14.0. The lowest BCUT2D eigenvalue weighted by molar-refractivity contribution is -0.203. The van der Waals surface area contributed by atoms with Crippen LogP contribution in [0.25, 0.3) is 11.3 Å². The van der Waals surface area contributed by atoms with E-state index in [4.69, 9.17) is 4.74 Å². The number of pyridine rings is 2. The number of aromatic nitrogens is 4. The lowest BCUT2D eigenvalue weighted by Gasteiger charge is -2.28. The number of nitrogens with one attached hydrogen (secondary N) is 2. The standard InChI is InChI=1S/C29H27F3N6O4/c1-38-17-18(15-36-38)23-14-19(8-12-33-23)42-20-6-7-25(35-16-20)37-27(41)22(28(10-11-28)29(30,31)32)9-13-34-26(40)21-4-2-3-5-24(21)39/h2-8,12,14-17,22,39H,9-11,13H2,1H3,(H,34,40)(H,35,37,41). The zero-order valence-corrected chi connectivity index (χ0v) is 22.4. The number of hydrogen-bond donors (Lipinski definition) is 3. The lowest BCUT2D eigenvalue weighted by Crippen LogP contribution is -2.41. The Kier molecular flexibility index (Phi) is 7.83. The molecule has 0 saturated heterocycles. The molecule has 3 aromatic heterocycles. The molecule has 0 spiro atoms. The van der Waals surface area contributed by atoms with Crippen molar-refractivity contribution in [2.45, 2.75) is 25.4 Å². The average molecular weight is 581 g/mol. The van der Waals surface area contributed by atoms with Crippen LogP contribution in [-0.2, 0) is 11.8 Å². The molecule has 3 N–H and O–H groups in total. The van der Waals surface area contributed by atoms with Crippen molar-refractivity contribution in [2.75, 3.05) is 11.9 Å². The monoisotopic (exact) mass is 580 g/mol. The van der Waals surface area contributed by atoms with Crippen LogP contribution in [0.15, 0.2) is 73.3 Å². The van der Waals surface area contributed by atoms with E-state index < -0.39 is 29.3 Å². The molecule has 2 amide bonds. The molecular weight excluding hydrogens is 553 g/mol. The van der Waals surface area contributed by atoms with Gasteiger partial charge in [-0.3, -0.25) is 19.3 Å². The number of alkyl halides is 3. The first-order chi connectivity index (χ1) is 20.1. The number of amides is 2. The number of anilines is 1. The van der Waals surface area contributed by atoms with Gasteiger partial charge in [-0.2, -0.15) is 18.3 Å². The summed E-state index contributed by atoms with van der Waals surface area (Å²) in [4.78, 5) is 34.0. The summed E-state index contributed by atoms with van der Waals surface area (Å²) in [5, 5.41) is 19.0. The van der Waals surface area contributed by atoms with Gasteiger partial charge in [0.05, 0.1) is 35.0 Å². The molecule has 10 nitrogen and oxygen atoms in total. The fourth-order valence-corrected chi connectivity index (χ4v) is 4.76. The summed E-state index contributed by atoms with van der Waals surface area (Å²) in [6, 6.07) is 12.2. The van der Waals surface area contributed by atoms with E-state index in [-0.39, 0.29) is 42.9 Å². The third-order valence-corrected chi connectivity index (χ3v) is 7.16. The molecule has 0 bridgehead atoms. The number of benzene rings is 1. The second-order valence-corrected chi connectivity index (χ2v) is 10.0. The largest absolute Gasteiger partial charge is 0.507 e. The van der Waals surface area contributed by atoms with Crippen LogP contribution in [0.4, 0.5) is 19.0 Å². The molecule has 1 aliphatic carbocycles. The van der Waals surface area contributed by atoms with Gasteiger partial charge in [-0.15, -0.1) is 0 Å². The molecule has 0 radical (unpaired) electrons. The predicted molar refractivity (Wildman–Crippen MR) is 146 cm³/mol. The maximum Gasteiger partial charge on any atom is 0.395 e. The van der Waals surface area contributed by atoms with Crippen molar-refractivity contribution >= 4 is 17.6 Å². The second kappa shape index (κ2) is 11.5. The van der Waals surface area contributed by atoms with E-state index in [2.05, 4.69) is 25.7 Å². The Morgan fingerprint density at radius 3 is 2.52 bits per heavy atom. The molecule has 1 aromatic carbocycles. The van der Waals surface area contributed by atoms with Crippen LogP contribution in [0.5, 0.6) is 17.2 Å². The summed E-state index contributed by atoms with van der Waals surface area (Å²) in [6.07, 6.45) is 1.19. The molecule has 1 fully saturated rings. The zero-order valence-electron chi connectivity index (χ0n) is 22.4. The van der Waals surface area contributed by atoms with Crippen LogP contribution in [0.1, 0.15) is 29.6 Å². The number of aryl methyl sites for hydroxylation is 1. The van der Waals surface area contributed by atoms with Crippen LogP contribution in [0.3, 0.4) is 0 Å². The molecule has 1 aliphatic rings. The highest BCUT2D eigenvalue weighted by Gasteiger charge is 2.68. The number of phenolic OH excluding ortho intramolecular Hbond substituents is 1. The first kappa shape index (κ1) is 28.6. The second-order valence-electron chi connectivity index (χ2n) is 10.0. The van der Waals surface area contributed by atoms with Crippen molar-refractivity contribution in [2.24, 2.45) is 18.4 Å². The number of ether oxygens (including phenoxy) is 1. The summed E-state index contributed by atoms with van der Waals surface area (Å²) in [5.74, 6) is -2.33. The topological polar surface area (TPSA) is 131 Å². The molecule has 13 heteroatoms. The fraction of sp³-hybridized carbons (Fsp3) is 0.276. The van der Waals surface area contributed by atoms with E-state index in [1.165, 1.54) is 36.5 Å². The highest BCUT2D eigenvalue weighted by molar-refractivity contribution is 5.97. The molecular formula is C29H27F3N6O4. The summed E-state index contributed by atoms with van der Waals surface area (Å²) < 4.78 is 49.5. The van der Waals surface area contributed by atoms with E-state index in [1.54, 1.807) is 42.3 Å². The van der Waals surface area contributed by atoms with Gasteiger partial charge in [0.15, 0.2) is 0 Å². The number of nitrogens with zero attached hydrogens (tertiary/aromatic N) is 4. The number of halogens is 3. The number of aromatic hydroxyl groups is 1. The number of carbonyl (C=O) groups is 2. The summed E-state index contributed by atoms with van der Waals surface area (Å²) in [7, 11) is 1.79. The number of hydrogen-bond acceptors (Lipinski definition) is 7. The van der Waals surface area contributed by atoms with Crippen LogP contribution in [-0.4, -0.2) is 49.4 Å². The highest BCUT2D eigenvalue weighted by Crippen LogP contribution is 2.63. The van der Waals surface area contributed by atoms with Crippen molar-refractivity contribution < 1.29 is 32.6 Å². The van der Waals surface area contributed by atoms with Crippen LogP contribution < -0.4 is 15.4 Å². The van der Waals surface area contributed by atoms with Crippen LogP contribution in [0, 0.1) is 11.3 Å². The van der Waals surface area contributed by atoms with Gasteiger partial charge in [0.1, 0.15) is 23.1 Å². The summed E-state index contributed by atoms with van der Waals surface area (Å²) >= 11 is 0. The molecule has 1 unspecified atom stereocenters. The normalized spacial score (nSPS) is 14.6. The highest BCUT2D eigenvalue weighted by atomic mass is 19.4. The third-order valence-electron chi connectivity index (χ3n) is 7.16. The number of carbonyl (C=O) groups excluding carboxylic acids is 2. The molecule has 4 aromatic rings. The molecule has 3 heterocycles. The SMILES string of the molecule is Cn1cc(-c2cc(Oc3ccc(NC(=O)C(CCNC(=O)c4ccccc4O)C4(C(F)(F)F)CC4)nc3)ccn2)cn1. The van der Waals surface area contributed by atoms with Gasteiger partial charge < -0.3 is 20.5 Å². The number of phenols is 1. The minimum atomic E-state index is -4.60. The van der Waals surface area contributed by atoms with Gasteiger partial charge in [-0.05, 0) is 49.6 Å². The van der Waals surface area contributed by atoms with E-state index >= 15 is 0 Å². The minimum absolute atomic E-state index is 0.0120. The third kappa shape index (κ3) is 6.19. The van der Waals surface area contributed by atoms with Gasteiger partial charge in [0, 0.05) is 37.6 Å². The van der Waals surface area contributed by atoms with Crippen molar-refractivity contribution in [1.82, 2.24) is 25.1 Å². The van der Waals surface area contributed by atoms with Crippen molar-refractivity contribution in [1.29, 1.82) is 0 Å². The Bertz CT molecular complexity index is 1580. The molecule has 42 heavy (non-hydrogen) atoms. The Balaban J connectivity index is 1.24. The zero-order chi connectivity index (χ0) is 29.9. The lowest BCUT2D eigenvalue weighted by atomic mass is 9.84. The Morgan fingerprint density at radius 1 is 1.10 bits per heavy atom. The molecule has 218 valence electrons. The van der Waals surface area contributed by atoms with Gasteiger partial charge in [0.25, 0.3) is 5.91 Å². The Morgan fingerprint density at radius 2 is 1.88 bits per heavy atom. The quantitative estimate of drug-likeness (QED) is 0.238. The van der Waals surface area contributed by atoms with E-state index in [9.17, 15) is 27.9 Å². The van der Waals surface area contributed by atoms with Crippen LogP contribution in [0.2, 0.25) is 0 Å². The summed E-state index contributed by atoms with van der Waals surface area (Å²) in [6.45, 7) is -0.198. The first-order valence-electron chi connectivity index (χ1n) is 13.1. The average Bonchev–Trinajstić information content (AvgIpc) is 3.66. The molecule has 5 rings (SSSR count). The number of rotatable bonds is 10. The van der Waals surface area contributed by atoms with E-state index in [0.717, 1.165) is 5.56 Å². The Hall–Kier alpha value is -4.94. The minimum Gasteiger partial charge on any atom is -0.507 e. The molecule has 1 atom stereocenters. The smallest absolute Gasteiger partial charge is 0.395 e. The fourth-order valence-electron chi connectivity index (χ4n) is 4.76. The van der Waals surface area contributed by atoms with Crippen molar-refractivity contribution in [3.63, 3.8) is 0 Å². The van der Waals surface area contributed by atoms with Gasteiger partial charge in [0.2, 0.25) is 5.91 Å². The van der Waals surface area contributed by atoms with Crippen LogP contribution >= 0.6 is 0 Å². The van der Waals surface area contributed by atoms with Crippen molar-refractivity contribution in [3.8, 4) is 28.5 Å².